The van der Waals surface area contributed by atoms with E-state index >= 15 is 0 Å². The predicted molar refractivity (Wildman–Crippen MR) is 101 cm³/mol. The Morgan fingerprint density at radius 1 is 1.28 bits per heavy atom. The molecule has 2 rings (SSSR count). The Kier molecular flexibility index (Phi) is 6.41. The number of nitrogens with zero attached hydrogens (tertiary/aromatic N) is 1. The molecule has 1 heterocycles. The summed E-state index contributed by atoms with van der Waals surface area (Å²) < 4.78 is 5.23. The lowest BCUT2D eigenvalue weighted by Gasteiger charge is -2.16. The molecule has 134 valence electrons. The van der Waals surface area contributed by atoms with E-state index in [2.05, 4.69) is 10.6 Å². The Hall–Kier alpha value is -2.54. The molecular weight excluding hydrogens is 338 g/mol. The summed E-state index contributed by atoms with van der Waals surface area (Å²) in [5.41, 5.74) is 0.934. The van der Waals surface area contributed by atoms with Gasteiger partial charge in [0.25, 0.3) is 5.91 Å². The third-order valence-electron chi connectivity index (χ3n) is 3.56. The number of carbonyl (C=O) groups excluding carboxylic acids is 2. The molecule has 1 aromatic carbocycles. The van der Waals surface area contributed by atoms with Gasteiger partial charge in [-0.05, 0) is 36.6 Å². The number of methoxy groups -OCH3 is 1. The zero-order valence-electron chi connectivity index (χ0n) is 14.8. The molecule has 0 saturated carbocycles. The van der Waals surface area contributed by atoms with Crippen molar-refractivity contribution in [3.63, 3.8) is 0 Å². The van der Waals surface area contributed by atoms with Crippen LogP contribution in [-0.4, -0.2) is 44.1 Å². The van der Waals surface area contributed by atoms with E-state index in [1.165, 1.54) is 16.9 Å². The van der Waals surface area contributed by atoms with E-state index in [9.17, 15) is 9.59 Å². The average Bonchev–Trinajstić information content (AvgIpc) is 3.06. The van der Waals surface area contributed by atoms with Gasteiger partial charge in [-0.2, -0.15) is 0 Å². The van der Waals surface area contributed by atoms with Crippen LogP contribution in [0.3, 0.4) is 0 Å². The first-order valence-corrected chi connectivity index (χ1v) is 8.78. The Morgan fingerprint density at radius 2 is 2.04 bits per heavy atom. The van der Waals surface area contributed by atoms with E-state index in [1.807, 2.05) is 24.4 Å². The molecule has 0 aliphatic rings. The molecule has 1 aromatic heterocycles. The van der Waals surface area contributed by atoms with Crippen LogP contribution >= 0.6 is 11.3 Å². The monoisotopic (exact) mass is 361 g/mol. The molecule has 0 aliphatic heterocycles. The number of ether oxygens (including phenoxy) is 1. The summed E-state index contributed by atoms with van der Waals surface area (Å²) in [6.45, 7) is 1.95. The maximum atomic E-state index is 12.2. The number of benzene rings is 1. The van der Waals surface area contributed by atoms with Crippen LogP contribution in [0.4, 0.5) is 10.5 Å². The minimum atomic E-state index is -0.308. The largest absolute Gasteiger partial charge is 0.496 e. The fourth-order valence-corrected chi connectivity index (χ4v) is 3.20. The molecule has 25 heavy (non-hydrogen) atoms. The minimum Gasteiger partial charge on any atom is -0.496 e. The number of thiophene rings is 1. The fraction of sp³-hybridized carbons (Fsp3) is 0.333. The summed E-state index contributed by atoms with van der Waals surface area (Å²) >= 11 is 1.67. The van der Waals surface area contributed by atoms with Crippen molar-refractivity contribution in [1.29, 1.82) is 0 Å². The molecule has 0 spiro atoms. The molecule has 0 fully saturated rings. The van der Waals surface area contributed by atoms with E-state index < -0.39 is 0 Å². The first-order valence-electron chi connectivity index (χ1n) is 7.90. The molecule has 2 aromatic rings. The third kappa shape index (κ3) is 5.22. The Balaban J connectivity index is 2.02. The van der Waals surface area contributed by atoms with Crippen LogP contribution in [0.25, 0.3) is 0 Å². The highest BCUT2D eigenvalue weighted by atomic mass is 32.1. The van der Waals surface area contributed by atoms with Gasteiger partial charge in [0.15, 0.2) is 0 Å². The van der Waals surface area contributed by atoms with Gasteiger partial charge in [-0.25, -0.2) is 4.79 Å². The van der Waals surface area contributed by atoms with Crippen LogP contribution in [0.1, 0.15) is 22.2 Å². The molecule has 0 bridgehead atoms. The van der Waals surface area contributed by atoms with Gasteiger partial charge < -0.3 is 20.3 Å². The third-order valence-corrected chi connectivity index (χ3v) is 4.46. The van der Waals surface area contributed by atoms with Gasteiger partial charge in [-0.15, -0.1) is 11.3 Å². The molecule has 7 heteroatoms. The molecule has 2 N–H and O–H groups in total. The number of hydrogen-bond acceptors (Lipinski definition) is 4. The maximum Gasteiger partial charge on any atom is 0.319 e. The Morgan fingerprint density at radius 3 is 2.64 bits per heavy atom. The van der Waals surface area contributed by atoms with Gasteiger partial charge in [0.05, 0.1) is 12.7 Å². The Labute approximate surface area is 151 Å². The van der Waals surface area contributed by atoms with Crippen molar-refractivity contribution in [3.05, 3.63) is 46.2 Å². The normalized spacial score (nSPS) is 11.5. The zero-order valence-corrected chi connectivity index (χ0v) is 15.6. The number of anilines is 1. The van der Waals surface area contributed by atoms with Crippen molar-refractivity contribution in [2.75, 3.05) is 26.5 Å². The highest BCUT2D eigenvalue weighted by molar-refractivity contribution is 7.09. The topological polar surface area (TPSA) is 70.7 Å². The van der Waals surface area contributed by atoms with Gasteiger partial charge in [0, 0.05) is 37.1 Å². The van der Waals surface area contributed by atoms with Crippen molar-refractivity contribution in [2.45, 2.75) is 19.4 Å². The second-order valence-corrected chi connectivity index (χ2v) is 6.93. The van der Waals surface area contributed by atoms with E-state index in [1.54, 1.807) is 43.6 Å². The number of nitrogens with one attached hydrogen (secondary N) is 2. The highest BCUT2D eigenvalue weighted by Gasteiger charge is 2.16. The van der Waals surface area contributed by atoms with E-state index in [0.29, 0.717) is 17.0 Å². The Bertz CT molecular complexity index is 729. The molecule has 0 radical (unpaired) electrons. The van der Waals surface area contributed by atoms with Crippen LogP contribution in [0.15, 0.2) is 35.7 Å². The number of amides is 3. The van der Waals surface area contributed by atoms with Crippen LogP contribution in [0.5, 0.6) is 5.75 Å². The SMILES string of the molecule is COc1ccc(NC(=O)N[C@H](C)Cc2cccs2)cc1C(=O)N(C)C. The molecule has 6 nitrogen and oxygen atoms in total. The lowest BCUT2D eigenvalue weighted by atomic mass is 10.1. The molecule has 0 aliphatic carbocycles. The van der Waals surface area contributed by atoms with Gasteiger partial charge >= 0.3 is 6.03 Å². The first-order chi connectivity index (χ1) is 11.9. The second-order valence-electron chi connectivity index (χ2n) is 5.90. The van der Waals surface area contributed by atoms with Crippen molar-refractivity contribution < 1.29 is 14.3 Å². The van der Waals surface area contributed by atoms with Crippen LogP contribution in [0, 0.1) is 0 Å². The summed E-state index contributed by atoms with van der Waals surface area (Å²) in [6.07, 6.45) is 0.776. The summed E-state index contributed by atoms with van der Waals surface area (Å²) in [7, 11) is 4.84. The molecule has 3 amide bonds. The predicted octanol–water partition coefficient (Wildman–Crippen LogP) is 3.21. The van der Waals surface area contributed by atoms with Gasteiger partial charge in [-0.1, -0.05) is 6.07 Å². The van der Waals surface area contributed by atoms with E-state index in [0.717, 1.165) is 6.42 Å². The fourth-order valence-electron chi connectivity index (χ4n) is 2.37. The highest BCUT2D eigenvalue weighted by Crippen LogP contribution is 2.23. The number of urea groups is 1. The van der Waals surface area contributed by atoms with Crippen molar-refractivity contribution >= 4 is 29.0 Å². The summed E-state index contributed by atoms with van der Waals surface area (Å²) in [5.74, 6) is 0.280. The van der Waals surface area contributed by atoms with Crippen molar-refractivity contribution in [2.24, 2.45) is 0 Å². The summed E-state index contributed by atoms with van der Waals surface area (Å²) in [5, 5.41) is 7.68. The summed E-state index contributed by atoms with van der Waals surface area (Å²) in [6, 6.07) is 8.72. The quantitative estimate of drug-likeness (QED) is 0.830. The lowest BCUT2D eigenvalue weighted by molar-refractivity contribution is 0.0824. The number of rotatable bonds is 6. The molecule has 0 saturated heterocycles. The molecule has 1 atom stereocenters. The van der Waals surface area contributed by atoms with Crippen molar-refractivity contribution in [1.82, 2.24) is 10.2 Å². The smallest absolute Gasteiger partial charge is 0.319 e. The van der Waals surface area contributed by atoms with Gasteiger partial charge in [-0.3, -0.25) is 4.79 Å². The summed E-state index contributed by atoms with van der Waals surface area (Å²) in [4.78, 5) is 27.1. The second kappa shape index (κ2) is 8.53. The van der Waals surface area contributed by atoms with Crippen LogP contribution in [0.2, 0.25) is 0 Å². The van der Waals surface area contributed by atoms with E-state index in [-0.39, 0.29) is 18.0 Å². The van der Waals surface area contributed by atoms with E-state index in [4.69, 9.17) is 4.74 Å². The first kappa shape index (κ1) is 18.8. The molecular formula is C18H23N3O3S. The minimum absolute atomic E-state index is 0.000208. The van der Waals surface area contributed by atoms with Crippen LogP contribution < -0.4 is 15.4 Å². The molecule has 0 unspecified atom stereocenters. The van der Waals surface area contributed by atoms with Crippen molar-refractivity contribution in [3.8, 4) is 5.75 Å². The standard InChI is InChI=1S/C18H23N3O3S/c1-12(10-14-6-5-9-25-14)19-18(23)20-13-7-8-16(24-4)15(11-13)17(22)21(2)3/h5-9,11-12H,10H2,1-4H3,(H2,19,20,23)/t12-/m1/s1. The number of carbonyl (C=O) groups is 2. The zero-order chi connectivity index (χ0) is 18.4. The lowest BCUT2D eigenvalue weighted by Crippen LogP contribution is -2.37. The van der Waals surface area contributed by atoms with Crippen LogP contribution in [-0.2, 0) is 6.42 Å². The number of hydrogen-bond donors (Lipinski definition) is 2. The van der Waals surface area contributed by atoms with Gasteiger partial charge in [0.1, 0.15) is 5.75 Å². The average molecular weight is 361 g/mol. The van der Waals surface area contributed by atoms with Gasteiger partial charge in [0.2, 0.25) is 0 Å². The maximum absolute atomic E-state index is 12.2.